The second-order valence-corrected chi connectivity index (χ2v) is 14.8. The van der Waals surface area contributed by atoms with Gasteiger partial charge in [0, 0.05) is 75.7 Å². The van der Waals surface area contributed by atoms with Crippen molar-refractivity contribution in [3.8, 4) is 34.3 Å². The minimum absolute atomic E-state index is 0.0249. The number of amides is 2. The SMILES string of the molecule is CCC(=O)c1cnc(NC(=O)C2CC2)cc1Cl.CCC(=O)c1cnc(NC(=O)C2CC2)cc1Nc1nccc(-c2ncn(C)n2)c1OC.COc1c(-c2ncn(C)n2)ccnc1N. The van der Waals surface area contributed by atoms with Crippen LogP contribution in [0.2, 0.25) is 5.02 Å². The van der Waals surface area contributed by atoms with Crippen LogP contribution in [-0.4, -0.2) is 87.1 Å². The van der Waals surface area contributed by atoms with E-state index in [1.54, 1.807) is 87.7 Å². The van der Waals surface area contributed by atoms with Crippen LogP contribution in [0.25, 0.3) is 22.8 Å². The number of halogens is 1. The van der Waals surface area contributed by atoms with E-state index in [9.17, 15) is 19.2 Å². The maximum atomic E-state index is 12.5. The third-order valence-electron chi connectivity index (χ3n) is 9.58. The molecule has 0 spiro atoms. The van der Waals surface area contributed by atoms with Gasteiger partial charge in [0.05, 0.1) is 47.2 Å². The normalized spacial score (nSPS) is 12.7. The molecule has 6 heterocycles. The molecule has 5 N–H and O–H groups in total. The van der Waals surface area contributed by atoms with Gasteiger partial charge in [0.2, 0.25) is 11.8 Å². The summed E-state index contributed by atoms with van der Waals surface area (Å²) in [6.45, 7) is 3.54. The van der Waals surface area contributed by atoms with Gasteiger partial charge in [0.1, 0.15) is 24.3 Å². The molecule has 20 nitrogen and oxygen atoms in total. The summed E-state index contributed by atoms with van der Waals surface area (Å²) in [6.07, 6.45) is 13.6. The van der Waals surface area contributed by atoms with E-state index in [2.05, 4.69) is 56.1 Å². The van der Waals surface area contributed by atoms with E-state index >= 15 is 0 Å². The number of nitrogens with two attached hydrogens (primary N) is 1. The Morgan fingerprint density at radius 2 is 1.21 bits per heavy atom. The fourth-order valence-electron chi connectivity index (χ4n) is 5.91. The van der Waals surface area contributed by atoms with E-state index in [-0.39, 0.29) is 35.2 Å². The monoisotopic (exact) mass is 878 g/mol. The number of nitrogens with zero attached hydrogens (tertiary/aromatic N) is 10. The van der Waals surface area contributed by atoms with E-state index in [1.165, 1.54) is 25.6 Å². The fourth-order valence-corrected chi connectivity index (χ4v) is 6.17. The number of nitrogens with one attached hydrogen (secondary N) is 3. The number of carbonyl (C=O) groups excluding carboxylic acids is 4. The van der Waals surface area contributed by atoms with Crippen molar-refractivity contribution < 1.29 is 28.7 Å². The van der Waals surface area contributed by atoms with Crippen molar-refractivity contribution in [3.63, 3.8) is 0 Å². The van der Waals surface area contributed by atoms with Gasteiger partial charge in [-0.3, -0.25) is 28.5 Å². The fraction of sp³-hybridized carbons (Fsp3) is 0.333. The number of methoxy groups -OCH3 is 2. The number of rotatable bonds is 14. The summed E-state index contributed by atoms with van der Waals surface area (Å²) in [5, 5.41) is 17.5. The number of pyridine rings is 4. The van der Waals surface area contributed by atoms with Crippen LogP contribution in [0.1, 0.15) is 73.1 Å². The van der Waals surface area contributed by atoms with Crippen LogP contribution >= 0.6 is 11.6 Å². The van der Waals surface area contributed by atoms with Gasteiger partial charge in [-0.05, 0) is 37.8 Å². The molecule has 6 aromatic heterocycles. The second kappa shape index (κ2) is 20.5. The average Bonchev–Trinajstić information content (AvgIpc) is 4.22. The lowest BCUT2D eigenvalue weighted by Gasteiger charge is -2.15. The maximum absolute atomic E-state index is 12.5. The number of hydrogen-bond donors (Lipinski definition) is 4. The van der Waals surface area contributed by atoms with Gasteiger partial charge in [-0.2, -0.15) is 10.2 Å². The molecule has 0 aliphatic heterocycles. The number of anilines is 5. The average molecular weight is 879 g/mol. The largest absolute Gasteiger partial charge is 0.492 e. The number of carbonyl (C=O) groups is 4. The van der Waals surface area contributed by atoms with Crippen molar-refractivity contribution in [2.24, 2.45) is 25.9 Å². The van der Waals surface area contributed by atoms with Crippen LogP contribution in [0.3, 0.4) is 0 Å². The van der Waals surface area contributed by atoms with E-state index in [4.69, 9.17) is 26.8 Å². The van der Waals surface area contributed by atoms with Crippen LogP contribution in [0.5, 0.6) is 11.5 Å². The highest BCUT2D eigenvalue weighted by molar-refractivity contribution is 6.34. The van der Waals surface area contributed by atoms with Crippen molar-refractivity contribution in [2.75, 3.05) is 35.9 Å². The van der Waals surface area contributed by atoms with Crippen LogP contribution in [0.4, 0.5) is 29.0 Å². The van der Waals surface area contributed by atoms with Gasteiger partial charge < -0.3 is 31.2 Å². The first-order valence-corrected chi connectivity index (χ1v) is 20.4. The van der Waals surface area contributed by atoms with Gasteiger partial charge in [0.15, 0.2) is 46.4 Å². The van der Waals surface area contributed by atoms with Crippen LogP contribution in [0, 0.1) is 11.8 Å². The van der Waals surface area contributed by atoms with Gasteiger partial charge >= 0.3 is 0 Å². The Hall–Kier alpha value is -7.35. The first-order valence-electron chi connectivity index (χ1n) is 20.0. The number of Topliss-reactive ketones (excluding diaryl/α,β-unsaturated/α-hetero) is 2. The Bertz CT molecular complexity index is 2620. The van der Waals surface area contributed by atoms with Crippen molar-refractivity contribution >= 4 is 63.9 Å². The molecule has 2 aliphatic rings. The highest BCUT2D eigenvalue weighted by Crippen LogP contribution is 2.37. The van der Waals surface area contributed by atoms with Crippen molar-refractivity contribution in [1.29, 1.82) is 0 Å². The standard InChI is InChI=1S/C21H23N7O3.C12H13ClN2O2.C9H11N5O/c1-4-16(29)14-10-23-17(26-21(30)12-5-6-12)9-15(14)25-20-18(31-3)13(7-8-22-20)19-24-11-28(2)27-19;1-2-10(16)8-6-14-11(5-9(8)13)15-12(17)7-3-4-7;1-14-5-12-9(13-14)6-3-4-11-8(10)7(6)15-2/h7-12H,4-6H2,1-3H3,(H2,22,23,25,26,30);5-7H,2-4H2,1H3,(H,14,15,17);3-5H,1-2H3,(H2,10,11). The van der Waals surface area contributed by atoms with Crippen molar-refractivity contribution in [1.82, 2.24) is 49.5 Å². The number of nitrogen functional groups attached to an aromatic ring is 1. The molecule has 2 saturated carbocycles. The third kappa shape index (κ3) is 11.5. The molecule has 328 valence electrons. The number of aromatic nitrogens is 10. The molecule has 0 aromatic carbocycles. The van der Waals surface area contributed by atoms with Crippen LogP contribution in [0.15, 0.2) is 61.7 Å². The topological polar surface area (TPSA) is 262 Å². The Balaban J connectivity index is 0.000000174. The van der Waals surface area contributed by atoms with Gasteiger partial charge in [-0.25, -0.2) is 29.9 Å². The summed E-state index contributed by atoms with van der Waals surface area (Å²) in [4.78, 5) is 72.6. The first kappa shape index (κ1) is 45.2. The molecule has 0 radical (unpaired) electrons. The zero-order chi connectivity index (χ0) is 45.2. The molecule has 2 aliphatic carbocycles. The summed E-state index contributed by atoms with van der Waals surface area (Å²) < 4.78 is 14.0. The summed E-state index contributed by atoms with van der Waals surface area (Å²) in [5.74, 6) is 3.43. The van der Waals surface area contributed by atoms with E-state index < -0.39 is 0 Å². The molecule has 2 fully saturated rings. The van der Waals surface area contributed by atoms with E-state index in [1.807, 2.05) is 0 Å². The Kier molecular flexibility index (Phi) is 14.7. The smallest absolute Gasteiger partial charge is 0.228 e. The number of ketones is 2. The van der Waals surface area contributed by atoms with Crippen molar-refractivity contribution in [3.05, 3.63) is 77.9 Å². The minimum atomic E-state index is -0.0865. The molecule has 63 heavy (non-hydrogen) atoms. The molecule has 6 aromatic rings. The molecule has 0 saturated heterocycles. The quantitative estimate of drug-likeness (QED) is 0.0900. The summed E-state index contributed by atoms with van der Waals surface area (Å²) in [6, 6.07) is 6.68. The minimum Gasteiger partial charge on any atom is -0.492 e. The molecular formula is C42H47ClN14O6. The highest BCUT2D eigenvalue weighted by atomic mass is 35.5. The third-order valence-corrected chi connectivity index (χ3v) is 9.89. The number of hydrogen-bond acceptors (Lipinski definition) is 16. The molecule has 21 heteroatoms. The lowest BCUT2D eigenvalue weighted by molar-refractivity contribution is -0.118. The highest BCUT2D eigenvalue weighted by Gasteiger charge is 2.31. The van der Waals surface area contributed by atoms with Crippen LogP contribution < -0.4 is 31.2 Å². The van der Waals surface area contributed by atoms with Gasteiger partial charge in [-0.15, -0.1) is 0 Å². The molecule has 0 atom stereocenters. The zero-order valence-electron chi connectivity index (χ0n) is 35.5. The van der Waals surface area contributed by atoms with E-state index in [0.29, 0.717) is 86.7 Å². The molecular weight excluding hydrogens is 832 g/mol. The Morgan fingerprint density at radius 1 is 0.714 bits per heavy atom. The maximum Gasteiger partial charge on any atom is 0.228 e. The zero-order valence-corrected chi connectivity index (χ0v) is 36.3. The molecule has 0 unspecified atom stereocenters. The van der Waals surface area contributed by atoms with Gasteiger partial charge in [-0.1, -0.05) is 25.4 Å². The molecule has 0 bridgehead atoms. The predicted octanol–water partition coefficient (Wildman–Crippen LogP) is 6.11. The molecule has 2 amide bonds. The molecule has 8 rings (SSSR count). The lowest BCUT2D eigenvalue weighted by Crippen LogP contribution is -2.15. The van der Waals surface area contributed by atoms with Gasteiger partial charge in [0.25, 0.3) is 0 Å². The predicted molar refractivity (Wildman–Crippen MR) is 235 cm³/mol. The Morgan fingerprint density at radius 3 is 1.68 bits per heavy atom. The Labute approximate surface area is 367 Å². The van der Waals surface area contributed by atoms with E-state index in [0.717, 1.165) is 31.2 Å². The first-order chi connectivity index (χ1) is 30.3. The second-order valence-electron chi connectivity index (χ2n) is 14.4. The number of ether oxygens (including phenoxy) is 2. The summed E-state index contributed by atoms with van der Waals surface area (Å²) >= 11 is 5.97. The summed E-state index contributed by atoms with van der Waals surface area (Å²) in [5.41, 5.74) is 8.35. The summed E-state index contributed by atoms with van der Waals surface area (Å²) in [7, 11) is 6.65. The number of aryl methyl sites for hydroxylation is 2. The lowest BCUT2D eigenvalue weighted by atomic mass is 10.1. The van der Waals surface area contributed by atoms with Crippen LogP contribution in [-0.2, 0) is 23.7 Å². The van der Waals surface area contributed by atoms with Crippen molar-refractivity contribution in [2.45, 2.75) is 52.4 Å².